The van der Waals surface area contributed by atoms with E-state index in [0.717, 1.165) is 23.0 Å². The van der Waals surface area contributed by atoms with Crippen LogP contribution in [0.3, 0.4) is 0 Å². The summed E-state index contributed by atoms with van der Waals surface area (Å²) in [6.07, 6.45) is 6.50. The maximum Gasteiger partial charge on any atom is 0.244 e. The molecule has 6 nitrogen and oxygen atoms in total. The monoisotopic (exact) mass is 425 g/mol. The molecule has 0 spiro atoms. The Labute approximate surface area is 179 Å². The van der Waals surface area contributed by atoms with Crippen LogP contribution in [0.2, 0.25) is 0 Å². The van der Waals surface area contributed by atoms with Crippen LogP contribution in [0.15, 0.2) is 60.0 Å². The number of carbonyl (C=O) groups excluding carboxylic acids is 1. The SMILES string of the molecule is CC(C)Cn1c(CNC(=O)C=Cc2cccc(F)c2)nnc1SCc1ccncc1. The van der Waals surface area contributed by atoms with E-state index >= 15 is 0 Å². The fraction of sp³-hybridized carbons (Fsp3) is 0.273. The normalized spacial score (nSPS) is 11.3. The number of hydrogen-bond acceptors (Lipinski definition) is 5. The number of pyridine rings is 1. The molecule has 3 aromatic rings. The molecular formula is C22H24FN5OS. The topological polar surface area (TPSA) is 72.7 Å². The van der Waals surface area contributed by atoms with E-state index in [1.165, 1.54) is 18.2 Å². The molecule has 0 aliphatic heterocycles. The zero-order valence-electron chi connectivity index (χ0n) is 17.0. The van der Waals surface area contributed by atoms with Gasteiger partial charge in [-0.05, 0) is 47.4 Å². The smallest absolute Gasteiger partial charge is 0.244 e. The summed E-state index contributed by atoms with van der Waals surface area (Å²) in [6, 6.07) is 10.0. The molecule has 8 heteroatoms. The first-order valence-electron chi connectivity index (χ1n) is 9.66. The van der Waals surface area contributed by atoms with Crippen molar-refractivity contribution in [2.24, 2.45) is 5.92 Å². The molecule has 0 saturated carbocycles. The molecule has 2 heterocycles. The van der Waals surface area contributed by atoms with Crippen LogP contribution in [0, 0.1) is 11.7 Å². The van der Waals surface area contributed by atoms with E-state index in [4.69, 9.17) is 0 Å². The largest absolute Gasteiger partial charge is 0.345 e. The van der Waals surface area contributed by atoms with Crippen LogP contribution in [0.25, 0.3) is 6.08 Å². The molecule has 0 bridgehead atoms. The van der Waals surface area contributed by atoms with Crippen molar-refractivity contribution in [3.8, 4) is 0 Å². The maximum absolute atomic E-state index is 13.2. The van der Waals surface area contributed by atoms with Gasteiger partial charge in [0.25, 0.3) is 0 Å². The highest BCUT2D eigenvalue weighted by Crippen LogP contribution is 2.22. The Morgan fingerprint density at radius 1 is 1.23 bits per heavy atom. The van der Waals surface area contributed by atoms with Crippen molar-refractivity contribution in [3.63, 3.8) is 0 Å². The van der Waals surface area contributed by atoms with E-state index in [2.05, 4.69) is 34.3 Å². The summed E-state index contributed by atoms with van der Waals surface area (Å²) in [5.74, 6) is 1.26. The van der Waals surface area contributed by atoms with Gasteiger partial charge in [-0.15, -0.1) is 10.2 Å². The molecular weight excluding hydrogens is 401 g/mol. The number of rotatable bonds is 9. The Kier molecular flexibility index (Phi) is 7.73. The Hall–Kier alpha value is -3.00. The lowest BCUT2D eigenvalue weighted by atomic mass is 10.2. The fourth-order valence-corrected chi connectivity index (χ4v) is 3.66. The molecule has 0 fully saturated rings. The Balaban J connectivity index is 1.63. The standard InChI is InChI=1S/C22H24FN5OS/c1-16(2)14-28-20(26-27-22(28)30-15-18-8-10-24-11-9-18)13-25-21(29)7-6-17-4-3-5-19(23)12-17/h3-12,16H,13-15H2,1-2H3,(H,25,29). The van der Waals surface area contributed by atoms with Crippen molar-refractivity contribution in [1.29, 1.82) is 0 Å². The molecule has 0 atom stereocenters. The average molecular weight is 426 g/mol. The second kappa shape index (κ2) is 10.7. The van der Waals surface area contributed by atoms with Gasteiger partial charge in [0.15, 0.2) is 11.0 Å². The summed E-state index contributed by atoms with van der Waals surface area (Å²) < 4.78 is 15.3. The summed E-state index contributed by atoms with van der Waals surface area (Å²) in [5, 5.41) is 12.2. The minimum absolute atomic E-state index is 0.266. The number of halogens is 1. The number of nitrogens with one attached hydrogen (secondary N) is 1. The lowest BCUT2D eigenvalue weighted by Crippen LogP contribution is -2.23. The van der Waals surface area contributed by atoms with Crippen molar-refractivity contribution in [2.45, 2.75) is 37.8 Å². The number of amides is 1. The lowest BCUT2D eigenvalue weighted by molar-refractivity contribution is -0.116. The Bertz CT molecular complexity index is 1000. The first-order chi connectivity index (χ1) is 14.5. The van der Waals surface area contributed by atoms with E-state index in [-0.39, 0.29) is 18.3 Å². The predicted molar refractivity (Wildman–Crippen MR) is 116 cm³/mol. The molecule has 0 radical (unpaired) electrons. The van der Waals surface area contributed by atoms with E-state index in [1.807, 2.05) is 16.7 Å². The van der Waals surface area contributed by atoms with Gasteiger partial charge in [-0.1, -0.05) is 37.7 Å². The van der Waals surface area contributed by atoms with Crippen LogP contribution in [0.4, 0.5) is 4.39 Å². The van der Waals surface area contributed by atoms with Crippen LogP contribution in [-0.4, -0.2) is 25.7 Å². The van der Waals surface area contributed by atoms with Crippen LogP contribution in [-0.2, 0) is 23.6 Å². The molecule has 1 amide bonds. The molecule has 3 rings (SSSR count). The van der Waals surface area contributed by atoms with Crippen molar-refractivity contribution >= 4 is 23.7 Å². The third-order valence-electron chi connectivity index (χ3n) is 4.16. The van der Waals surface area contributed by atoms with Crippen molar-refractivity contribution in [2.75, 3.05) is 0 Å². The third kappa shape index (κ3) is 6.52. The van der Waals surface area contributed by atoms with Crippen LogP contribution >= 0.6 is 11.8 Å². The van der Waals surface area contributed by atoms with Gasteiger partial charge >= 0.3 is 0 Å². The second-order valence-electron chi connectivity index (χ2n) is 7.15. The number of benzene rings is 1. The fourth-order valence-electron chi connectivity index (χ4n) is 2.74. The van der Waals surface area contributed by atoms with E-state index in [1.54, 1.807) is 42.4 Å². The van der Waals surface area contributed by atoms with Gasteiger partial charge in [-0.25, -0.2) is 4.39 Å². The molecule has 0 unspecified atom stereocenters. The molecule has 1 aromatic carbocycles. The number of thioether (sulfide) groups is 1. The average Bonchev–Trinajstić information content (AvgIpc) is 3.11. The van der Waals surface area contributed by atoms with Crippen molar-refractivity contribution < 1.29 is 9.18 Å². The molecule has 2 aromatic heterocycles. The van der Waals surface area contributed by atoms with Gasteiger partial charge in [0.2, 0.25) is 5.91 Å². The van der Waals surface area contributed by atoms with Gasteiger partial charge < -0.3 is 9.88 Å². The second-order valence-corrected chi connectivity index (χ2v) is 8.10. The van der Waals surface area contributed by atoms with Gasteiger partial charge in [-0.3, -0.25) is 9.78 Å². The number of nitrogens with zero attached hydrogens (tertiary/aromatic N) is 4. The molecule has 0 aliphatic carbocycles. The number of hydrogen-bond donors (Lipinski definition) is 1. The predicted octanol–water partition coefficient (Wildman–Crippen LogP) is 4.09. The lowest BCUT2D eigenvalue weighted by Gasteiger charge is -2.12. The molecule has 156 valence electrons. The third-order valence-corrected chi connectivity index (χ3v) is 5.19. The Morgan fingerprint density at radius 3 is 2.77 bits per heavy atom. The first kappa shape index (κ1) is 21.7. The zero-order chi connectivity index (χ0) is 21.3. The molecule has 1 N–H and O–H groups in total. The van der Waals surface area contributed by atoms with Gasteiger partial charge in [0, 0.05) is 30.8 Å². The highest BCUT2D eigenvalue weighted by atomic mass is 32.2. The summed E-state index contributed by atoms with van der Waals surface area (Å²) in [6.45, 7) is 5.28. The minimum Gasteiger partial charge on any atom is -0.345 e. The minimum atomic E-state index is -0.337. The molecule has 0 aliphatic rings. The summed E-state index contributed by atoms with van der Waals surface area (Å²) in [5.41, 5.74) is 1.79. The van der Waals surface area contributed by atoms with Crippen LogP contribution in [0.1, 0.15) is 30.8 Å². The summed E-state index contributed by atoms with van der Waals surface area (Å²) in [4.78, 5) is 16.2. The maximum atomic E-state index is 13.2. The van der Waals surface area contributed by atoms with Gasteiger partial charge in [0.05, 0.1) is 6.54 Å². The summed E-state index contributed by atoms with van der Waals surface area (Å²) in [7, 11) is 0. The summed E-state index contributed by atoms with van der Waals surface area (Å²) >= 11 is 1.61. The van der Waals surface area contributed by atoms with Crippen molar-refractivity contribution in [1.82, 2.24) is 25.1 Å². The van der Waals surface area contributed by atoms with Crippen molar-refractivity contribution in [3.05, 3.63) is 77.6 Å². The Morgan fingerprint density at radius 2 is 2.03 bits per heavy atom. The van der Waals surface area contributed by atoms with Crippen LogP contribution in [0.5, 0.6) is 0 Å². The van der Waals surface area contributed by atoms with Gasteiger partial charge in [-0.2, -0.15) is 0 Å². The van der Waals surface area contributed by atoms with E-state index in [0.29, 0.717) is 17.3 Å². The van der Waals surface area contributed by atoms with Crippen LogP contribution < -0.4 is 5.32 Å². The number of aromatic nitrogens is 4. The van der Waals surface area contributed by atoms with E-state index < -0.39 is 0 Å². The van der Waals surface area contributed by atoms with Gasteiger partial charge in [0.1, 0.15) is 5.82 Å². The quantitative estimate of drug-likeness (QED) is 0.413. The highest BCUT2D eigenvalue weighted by molar-refractivity contribution is 7.98. The molecule has 30 heavy (non-hydrogen) atoms. The first-order valence-corrected chi connectivity index (χ1v) is 10.6. The molecule has 0 saturated heterocycles. The van der Waals surface area contributed by atoms with E-state index in [9.17, 15) is 9.18 Å². The highest BCUT2D eigenvalue weighted by Gasteiger charge is 2.14. The zero-order valence-corrected chi connectivity index (χ0v) is 17.8. The number of carbonyl (C=O) groups is 1.